The molecule has 0 spiro atoms. The molecule has 0 aliphatic heterocycles. The average molecular weight is 529 g/mol. The number of ether oxygens (including phenoxy) is 2. The number of aryl methyl sites for hydroxylation is 1. The maximum Gasteiger partial charge on any atom is 0.343 e. The van der Waals surface area contributed by atoms with E-state index in [4.69, 9.17) is 9.47 Å². The van der Waals surface area contributed by atoms with E-state index in [1.54, 1.807) is 36.4 Å². The SMILES string of the molecule is CCCCCCCCCCc1ccc(-c2ccc(C(=O)Oc3ccc(C(=O)OCC(C)CC)cc3)cc2)cc1. The van der Waals surface area contributed by atoms with Crippen LogP contribution < -0.4 is 4.74 Å². The van der Waals surface area contributed by atoms with E-state index in [1.165, 1.54) is 56.9 Å². The van der Waals surface area contributed by atoms with Gasteiger partial charge in [-0.1, -0.05) is 109 Å². The first kappa shape index (κ1) is 30.1. The molecule has 0 fully saturated rings. The lowest BCUT2D eigenvalue weighted by Gasteiger charge is -2.10. The van der Waals surface area contributed by atoms with Gasteiger partial charge in [-0.15, -0.1) is 0 Å². The number of esters is 2. The summed E-state index contributed by atoms with van der Waals surface area (Å²) in [5, 5.41) is 0. The number of carbonyl (C=O) groups is 2. The Morgan fingerprint density at radius 2 is 1.15 bits per heavy atom. The Kier molecular flexibility index (Phi) is 12.8. The zero-order chi connectivity index (χ0) is 27.9. The number of hydrogen-bond donors (Lipinski definition) is 0. The molecule has 208 valence electrons. The third-order valence-corrected chi connectivity index (χ3v) is 7.22. The van der Waals surface area contributed by atoms with Crippen molar-refractivity contribution < 1.29 is 19.1 Å². The van der Waals surface area contributed by atoms with Crippen LogP contribution >= 0.6 is 0 Å². The molecule has 3 rings (SSSR count). The van der Waals surface area contributed by atoms with Crippen LogP contribution in [0.25, 0.3) is 11.1 Å². The van der Waals surface area contributed by atoms with Crippen LogP contribution in [0.15, 0.2) is 72.8 Å². The smallest absolute Gasteiger partial charge is 0.343 e. The Labute approximate surface area is 234 Å². The van der Waals surface area contributed by atoms with Gasteiger partial charge in [0.25, 0.3) is 0 Å². The van der Waals surface area contributed by atoms with Gasteiger partial charge in [0.15, 0.2) is 0 Å². The monoisotopic (exact) mass is 528 g/mol. The molecular formula is C35H44O4. The van der Waals surface area contributed by atoms with Crippen molar-refractivity contribution in [3.8, 4) is 16.9 Å². The van der Waals surface area contributed by atoms with Gasteiger partial charge in [0.1, 0.15) is 5.75 Å². The van der Waals surface area contributed by atoms with Gasteiger partial charge in [0.05, 0.1) is 17.7 Å². The van der Waals surface area contributed by atoms with Gasteiger partial charge in [-0.3, -0.25) is 0 Å². The molecule has 0 bridgehead atoms. The second-order valence-corrected chi connectivity index (χ2v) is 10.5. The second-order valence-electron chi connectivity index (χ2n) is 10.5. The third kappa shape index (κ3) is 10.4. The minimum absolute atomic E-state index is 0.324. The summed E-state index contributed by atoms with van der Waals surface area (Å²) in [7, 11) is 0. The van der Waals surface area contributed by atoms with Gasteiger partial charge in [-0.25, -0.2) is 9.59 Å². The van der Waals surface area contributed by atoms with Crippen LogP contribution in [0.3, 0.4) is 0 Å². The zero-order valence-electron chi connectivity index (χ0n) is 23.9. The molecule has 0 saturated carbocycles. The van der Waals surface area contributed by atoms with Gasteiger partial charge in [0.2, 0.25) is 0 Å². The molecule has 0 aliphatic carbocycles. The van der Waals surface area contributed by atoms with Crippen molar-refractivity contribution in [3.05, 3.63) is 89.5 Å². The van der Waals surface area contributed by atoms with E-state index < -0.39 is 5.97 Å². The average Bonchev–Trinajstić information content (AvgIpc) is 2.98. The van der Waals surface area contributed by atoms with Gasteiger partial charge >= 0.3 is 11.9 Å². The fourth-order valence-corrected chi connectivity index (χ4v) is 4.37. The van der Waals surface area contributed by atoms with Gasteiger partial charge in [-0.2, -0.15) is 0 Å². The summed E-state index contributed by atoms with van der Waals surface area (Å²) < 4.78 is 10.8. The van der Waals surface area contributed by atoms with E-state index in [-0.39, 0.29) is 5.97 Å². The lowest BCUT2D eigenvalue weighted by atomic mass is 10.00. The quantitative estimate of drug-likeness (QED) is 0.106. The number of carbonyl (C=O) groups excluding carboxylic acids is 2. The van der Waals surface area contributed by atoms with Crippen molar-refractivity contribution in [2.75, 3.05) is 6.61 Å². The van der Waals surface area contributed by atoms with E-state index in [1.807, 2.05) is 19.1 Å². The first-order chi connectivity index (χ1) is 19.0. The van der Waals surface area contributed by atoms with Crippen molar-refractivity contribution >= 4 is 11.9 Å². The second kappa shape index (κ2) is 16.5. The standard InChI is InChI=1S/C35H44O4/c1-4-6-7-8-9-10-11-12-13-28-14-16-29(17-15-28)30-18-20-32(21-19-30)35(37)39-33-24-22-31(23-25-33)34(36)38-26-27(3)5-2/h14-25,27H,4-13,26H2,1-3H3. The van der Waals surface area contributed by atoms with Gasteiger partial charge in [-0.05, 0) is 71.8 Å². The Bertz CT molecular complexity index is 1130. The summed E-state index contributed by atoms with van der Waals surface area (Å²) in [6, 6.07) is 22.6. The third-order valence-electron chi connectivity index (χ3n) is 7.22. The van der Waals surface area contributed by atoms with Gasteiger partial charge in [0, 0.05) is 0 Å². The van der Waals surface area contributed by atoms with Crippen LogP contribution in [0.5, 0.6) is 5.75 Å². The molecule has 39 heavy (non-hydrogen) atoms. The van der Waals surface area contributed by atoms with Crippen LogP contribution in [-0.4, -0.2) is 18.5 Å². The summed E-state index contributed by atoms with van der Waals surface area (Å²) >= 11 is 0. The van der Waals surface area contributed by atoms with Crippen molar-refractivity contribution in [2.45, 2.75) is 85.0 Å². The highest BCUT2D eigenvalue weighted by molar-refractivity contribution is 5.92. The number of hydrogen-bond acceptors (Lipinski definition) is 4. The highest BCUT2D eigenvalue weighted by Gasteiger charge is 2.12. The van der Waals surface area contributed by atoms with Crippen LogP contribution in [0.4, 0.5) is 0 Å². The van der Waals surface area contributed by atoms with E-state index in [0.29, 0.717) is 29.4 Å². The number of rotatable bonds is 16. The molecule has 0 aromatic heterocycles. The molecule has 0 N–H and O–H groups in total. The van der Waals surface area contributed by atoms with E-state index >= 15 is 0 Å². The Morgan fingerprint density at radius 1 is 0.641 bits per heavy atom. The number of unbranched alkanes of at least 4 members (excludes halogenated alkanes) is 7. The molecule has 0 aliphatic rings. The van der Waals surface area contributed by atoms with E-state index in [9.17, 15) is 9.59 Å². The summed E-state index contributed by atoms with van der Waals surface area (Å²) in [5.74, 6) is -0.0987. The summed E-state index contributed by atoms with van der Waals surface area (Å²) in [4.78, 5) is 24.8. The minimum Gasteiger partial charge on any atom is -0.462 e. The molecule has 0 radical (unpaired) electrons. The fourth-order valence-electron chi connectivity index (χ4n) is 4.37. The van der Waals surface area contributed by atoms with Crippen LogP contribution in [0.2, 0.25) is 0 Å². The molecule has 1 atom stereocenters. The van der Waals surface area contributed by atoms with Crippen molar-refractivity contribution in [3.63, 3.8) is 0 Å². The van der Waals surface area contributed by atoms with Crippen LogP contribution in [-0.2, 0) is 11.2 Å². The molecule has 0 amide bonds. The Balaban J connectivity index is 1.45. The maximum absolute atomic E-state index is 12.6. The molecule has 0 heterocycles. The van der Waals surface area contributed by atoms with Crippen molar-refractivity contribution in [1.29, 1.82) is 0 Å². The molecule has 3 aromatic rings. The number of benzene rings is 3. The highest BCUT2D eigenvalue weighted by atomic mass is 16.5. The maximum atomic E-state index is 12.6. The van der Waals surface area contributed by atoms with E-state index in [0.717, 1.165) is 24.0 Å². The van der Waals surface area contributed by atoms with Gasteiger partial charge < -0.3 is 9.47 Å². The molecule has 4 heteroatoms. The summed E-state index contributed by atoms with van der Waals surface area (Å²) in [6.45, 7) is 6.75. The molecule has 4 nitrogen and oxygen atoms in total. The summed E-state index contributed by atoms with van der Waals surface area (Å²) in [6.07, 6.45) is 12.8. The largest absolute Gasteiger partial charge is 0.462 e. The first-order valence-corrected chi connectivity index (χ1v) is 14.7. The molecule has 1 unspecified atom stereocenters. The normalized spacial score (nSPS) is 11.7. The Hall–Kier alpha value is -3.40. The van der Waals surface area contributed by atoms with Crippen LogP contribution in [0, 0.1) is 5.92 Å². The highest BCUT2D eigenvalue weighted by Crippen LogP contribution is 2.22. The lowest BCUT2D eigenvalue weighted by molar-refractivity contribution is 0.0447. The lowest BCUT2D eigenvalue weighted by Crippen LogP contribution is -2.12. The predicted molar refractivity (Wildman–Crippen MR) is 159 cm³/mol. The zero-order valence-corrected chi connectivity index (χ0v) is 23.9. The van der Waals surface area contributed by atoms with E-state index in [2.05, 4.69) is 38.1 Å². The van der Waals surface area contributed by atoms with Crippen molar-refractivity contribution in [2.24, 2.45) is 5.92 Å². The first-order valence-electron chi connectivity index (χ1n) is 14.7. The molecular weight excluding hydrogens is 484 g/mol. The topological polar surface area (TPSA) is 52.6 Å². The fraction of sp³-hybridized carbons (Fsp3) is 0.429. The van der Waals surface area contributed by atoms with Crippen LogP contribution in [0.1, 0.15) is 105 Å². The molecule has 0 saturated heterocycles. The minimum atomic E-state index is -0.436. The Morgan fingerprint density at radius 3 is 1.74 bits per heavy atom. The summed E-state index contributed by atoms with van der Waals surface area (Å²) in [5.41, 5.74) is 4.48. The predicted octanol–water partition coefficient (Wildman–Crippen LogP) is 9.46. The van der Waals surface area contributed by atoms with Crippen molar-refractivity contribution in [1.82, 2.24) is 0 Å². The molecule has 3 aromatic carbocycles.